The van der Waals surface area contributed by atoms with Gasteiger partial charge in [-0.3, -0.25) is 14.4 Å². The highest BCUT2D eigenvalue weighted by atomic mass is 16.2. The molecule has 0 bridgehead atoms. The van der Waals surface area contributed by atoms with Gasteiger partial charge in [-0.05, 0) is 24.3 Å². The van der Waals surface area contributed by atoms with Gasteiger partial charge in [0.1, 0.15) is 5.56 Å². The van der Waals surface area contributed by atoms with Crippen molar-refractivity contribution in [2.75, 3.05) is 10.6 Å². The molecule has 2 rings (SSSR count). The quantitative estimate of drug-likeness (QED) is 0.774. The maximum absolute atomic E-state index is 11.9. The van der Waals surface area contributed by atoms with Gasteiger partial charge in [-0.1, -0.05) is 0 Å². The van der Waals surface area contributed by atoms with Crippen LogP contribution in [0.2, 0.25) is 0 Å². The number of hydrogen-bond acceptors (Lipinski definition) is 4. The van der Waals surface area contributed by atoms with Gasteiger partial charge in [-0.15, -0.1) is 0 Å². The molecule has 102 valence electrons. The summed E-state index contributed by atoms with van der Waals surface area (Å²) in [5.41, 5.74) is 0.549. The molecule has 2 aromatic rings. The van der Waals surface area contributed by atoms with Crippen molar-refractivity contribution in [3.8, 4) is 0 Å². The van der Waals surface area contributed by atoms with E-state index in [0.29, 0.717) is 11.4 Å². The standard InChI is InChI=1S/C13H12N4O3/c1-8(18)16-9-2-4-10(5-3-9)17-13(20)11-6-14-7-15-12(11)19/h2-7H,1H3,(H,16,18)(H,17,20)(H,14,15,19). The van der Waals surface area contributed by atoms with Gasteiger partial charge in [0.05, 0.1) is 6.33 Å². The van der Waals surface area contributed by atoms with E-state index in [-0.39, 0.29) is 11.5 Å². The molecule has 0 aliphatic heterocycles. The Kier molecular flexibility index (Phi) is 3.90. The van der Waals surface area contributed by atoms with Crippen LogP contribution in [0.4, 0.5) is 11.4 Å². The van der Waals surface area contributed by atoms with Crippen molar-refractivity contribution in [2.45, 2.75) is 6.92 Å². The molecular formula is C13H12N4O3. The van der Waals surface area contributed by atoms with Gasteiger partial charge in [-0.2, -0.15) is 0 Å². The molecule has 1 aromatic heterocycles. The molecule has 1 heterocycles. The Morgan fingerprint density at radius 2 is 1.70 bits per heavy atom. The lowest BCUT2D eigenvalue weighted by Crippen LogP contribution is -2.23. The number of amides is 2. The van der Waals surface area contributed by atoms with Crippen LogP contribution in [-0.4, -0.2) is 21.8 Å². The Morgan fingerprint density at radius 3 is 2.25 bits per heavy atom. The first-order valence-corrected chi connectivity index (χ1v) is 5.78. The van der Waals surface area contributed by atoms with Crippen molar-refractivity contribution in [2.24, 2.45) is 0 Å². The van der Waals surface area contributed by atoms with Crippen molar-refractivity contribution in [3.63, 3.8) is 0 Å². The lowest BCUT2D eigenvalue weighted by Gasteiger charge is -2.06. The molecule has 0 fully saturated rings. The van der Waals surface area contributed by atoms with Crippen LogP contribution in [0, 0.1) is 0 Å². The Labute approximate surface area is 114 Å². The van der Waals surface area contributed by atoms with Crippen LogP contribution < -0.4 is 16.2 Å². The predicted molar refractivity (Wildman–Crippen MR) is 73.6 cm³/mol. The molecule has 2 amide bonds. The molecule has 0 spiro atoms. The van der Waals surface area contributed by atoms with Crippen molar-refractivity contribution in [1.82, 2.24) is 9.97 Å². The summed E-state index contributed by atoms with van der Waals surface area (Å²) in [6.07, 6.45) is 2.40. The van der Waals surface area contributed by atoms with Gasteiger partial charge >= 0.3 is 0 Å². The van der Waals surface area contributed by atoms with Crippen LogP contribution in [0.1, 0.15) is 17.3 Å². The first-order chi connectivity index (χ1) is 9.56. The van der Waals surface area contributed by atoms with Crippen LogP contribution in [0.3, 0.4) is 0 Å². The second kappa shape index (κ2) is 5.79. The number of H-pyrrole nitrogens is 1. The zero-order valence-corrected chi connectivity index (χ0v) is 10.6. The van der Waals surface area contributed by atoms with Crippen molar-refractivity contribution >= 4 is 23.2 Å². The molecule has 20 heavy (non-hydrogen) atoms. The molecule has 0 saturated carbocycles. The van der Waals surface area contributed by atoms with E-state index >= 15 is 0 Å². The van der Waals surface area contributed by atoms with Crippen molar-refractivity contribution in [3.05, 3.63) is 52.7 Å². The molecule has 0 saturated heterocycles. The van der Waals surface area contributed by atoms with Gasteiger partial charge in [0.2, 0.25) is 5.91 Å². The molecule has 0 aliphatic carbocycles. The fourth-order valence-electron chi connectivity index (χ4n) is 1.54. The average Bonchev–Trinajstić information content (AvgIpc) is 2.41. The monoisotopic (exact) mass is 272 g/mol. The van der Waals surface area contributed by atoms with E-state index in [1.54, 1.807) is 24.3 Å². The van der Waals surface area contributed by atoms with E-state index in [9.17, 15) is 14.4 Å². The van der Waals surface area contributed by atoms with Crippen LogP contribution in [0.25, 0.3) is 0 Å². The number of hydrogen-bond donors (Lipinski definition) is 3. The van der Waals surface area contributed by atoms with E-state index in [4.69, 9.17) is 0 Å². The predicted octanol–water partition coefficient (Wildman–Crippen LogP) is 0.981. The van der Waals surface area contributed by atoms with E-state index < -0.39 is 11.5 Å². The molecule has 7 nitrogen and oxygen atoms in total. The lowest BCUT2D eigenvalue weighted by atomic mass is 10.2. The molecule has 0 atom stereocenters. The maximum atomic E-state index is 11.9. The number of carbonyl (C=O) groups is 2. The molecule has 3 N–H and O–H groups in total. The maximum Gasteiger partial charge on any atom is 0.263 e. The number of rotatable bonds is 3. The highest BCUT2D eigenvalue weighted by Crippen LogP contribution is 2.13. The third kappa shape index (κ3) is 3.29. The smallest absolute Gasteiger partial charge is 0.263 e. The molecule has 0 radical (unpaired) electrons. The van der Waals surface area contributed by atoms with E-state index in [1.165, 1.54) is 19.4 Å². The van der Waals surface area contributed by atoms with Crippen LogP contribution in [0.5, 0.6) is 0 Å². The highest BCUT2D eigenvalue weighted by Gasteiger charge is 2.10. The SMILES string of the molecule is CC(=O)Nc1ccc(NC(=O)c2cnc[nH]c2=O)cc1. The number of carbonyl (C=O) groups excluding carboxylic acids is 2. The minimum absolute atomic E-state index is 0.0709. The lowest BCUT2D eigenvalue weighted by molar-refractivity contribution is -0.114. The third-order valence-corrected chi connectivity index (χ3v) is 2.43. The second-order valence-electron chi connectivity index (χ2n) is 4.01. The van der Waals surface area contributed by atoms with Crippen LogP contribution >= 0.6 is 0 Å². The van der Waals surface area contributed by atoms with E-state index in [1.807, 2.05) is 0 Å². The number of nitrogens with zero attached hydrogens (tertiary/aromatic N) is 1. The number of anilines is 2. The zero-order valence-electron chi connectivity index (χ0n) is 10.6. The highest BCUT2D eigenvalue weighted by molar-refractivity contribution is 6.03. The van der Waals surface area contributed by atoms with Crippen molar-refractivity contribution < 1.29 is 9.59 Å². The van der Waals surface area contributed by atoms with Crippen LogP contribution in [0.15, 0.2) is 41.6 Å². The Bertz CT molecular complexity index is 691. The number of benzene rings is 1. The molecular weight excluding hydrogens is 260 g/mol. The number of aromatic nitrogens is 2. The topological polar surface area (TPSA) is 104 Å². The molecule has 1 aromatic carbocycles. The Balaban J connectivity index is 2.11. The fraction of sp³-hybridized carbons (Fsp3) is 0.0769. The van der Waals surface area contributed by atoms with Gasteiger partial charge in [0.25, 0.3) is 11.5 Å². The first kappa shape index (κ1) is 13.5. The van der Waals surface area contributed by atoms with E-state index in [2.05, 4.69) is 20.6 Å². The second-order valence-corrected chi connectivity index (χ2v) is 4.01. The van der Waals surface area contributed by atoms with Gasteiger partial charge in [-0.25, -0.2) is 4.98 Å². The summed E-state index contributed by atoms with van der Waals surface area (Å²) < 4.78 is 0. The average molecular weight is 272 g/mol. The largest absolute Gasteiger partial charge is 0.326 e. The third-order valence-electron chi connectivity index (χ3n) is 2.43. The summed E-state index contributed by atoms with van der Waals surface area (Å²) in [6, 6.07) is 6.52. The first-order valence-electron chi connectivity index (χ1n) is 5.78. The summed E-state index contributed by atoms with van der Waals surface area (Å²) in [6.45, 7) is 1.41. The minimum Gasteiger partial charge on any atom is -0.326 e. The van der Waals surface area contributed by atoms with Crippen LogP contribution in [-0.2, 0) is 4.79 Å². The molecule has 0 unspecified atom stereocenters. The van der Waals surface area contributed by atoms with Gasteiger partial charge in [0.15, 0.2) is 0 Å². The zero-order chi connectivity index (χ0) is 14.5. The number of nitrogens with one attached hydrogen (secondary N) is 3. The summed E-state index contributed by atoms with van der Waals surface area (Å²) in [5, 5.41) is 5.18. The summed E-state index contributed by atoms with van der Waals surface area (Å²) in [5.74, 6) is -0.727. The molecule has 7 heteroatoms. The summed E-state index contributed by atoms with van der Waals surface area (Å²) in [4.78, 5) is 40.2. The van der Waals surface area contributed by atoms with Crippen molar-refractivity contribution in [1.29, 1.82) is 0 Å². The fourth-order valence-corrected chi connectivity index (χ4v) is 1.54. The Hall–Kier alpha value is -2.96. The van der Waals surface area contributed by atoms with Gasteiger partial charge in [0, 0.05) is 24.5 Å². The van der Waals surface area contributed by atoms with Gasteiger partial charge < -0.3 is 15.6 Å². The Morgan fingerprint density at radius 1 is 1.10 bits per heavy atom. The van der Waals surface area contributed by atoms with E-state index in [0.717, 1.165) is 0 Å². The minimum atomic E-state index is -0.549. The summed E-state index contributed by atoms with van der Waals surface area (Å²) in [7, 11) is 0. The molecule has 0 aliphatic rings. The normalized spacial score (nSPS) is 9.85. The number of aromatic amines is 1. The summed E-state index contributed by atoms with van der Waals surface area (Å²) >= 11 is 0.